The van der Waals surface area contributed by atoms with Crippen molar-refractivity contribution >= 4 is 17.7 Å². The summed E-state index contributed by atoms with van der Waals surface area (Å²) in [6.07, 6.45) is 1.44. The van der Waals surface area contributed by atoms with E-state index in [2.05, 4.69) is 22.5 Å². The van der Waals surface area contributed by atoms with Gasteiger partial charge in [-0.25, -0.2) is 9.18 Å². The highest BCUT2D eigenvalue weighted by Gasteiger charge is 2.43. The summed E-state index contributed by atoms with van der Waals surface area (Å²) < 4.78 is 20.2. The molecule has 1 saturated heterocycles. The first-order valence-electron chi connectivity index (χ1n) is 11.6. The second-order valence-electron chi connectivity index (χ2n) is 10.1. The summed E-state index contributed by atoms with van der Waals surface area (Å²) in [6.45, 7) is 14.0. The molecule has 178 valence electrons. The summed E-state index contributed by atoms with van der Waals surface area (Å²) >= 11 is 0. The molecule has 32 heavy (non-hydrogen) atoms. The van der Waals surface area contributed by atoms with Crippen molar-refractivity contribution in [3.63, 3.8) is 0 Å². The predicted molar refractivity (Wildman–Crippen MR) is 124 cm³/mol. The van der Waals surface area contributed by atoms with Crippen LogP contribution in [-0.2, 0) is 4.74 Å². The second kappa shape index (κ2) is 9.65. The van der Waals surface area contributed by atoms with Crippen molar-refractivity contribution in [2.75, 3.05) is 44.2 Å². The van der Waals surface area contributed by atoms with Crippen molar-refractivity contribution in [1.29, 1.82) is 0 Å². The van der Waals surface area contributed by atoms with Crippen molar-refractivity contribution in [3.8, 4) is 0 Å². The van der Waals surface area contributed by atoms with Crippen molar-refractivity contribution in [2.24, 2.45) is 5.92 Å². The molecule has 8 heteroatoms. The first-order valence-corrected chi connectivity index (χ1v) is 11.6. The van der Waals surface area contributed by atoms with Crippen LogP contribution >= 0.6 is 0 Å². The lowest BCUT2D eigenvalue weighted by Crippen LogP contribution is -2.55. The van der Waals surface area contributed by atoms with Gasteiger partial charge in [0.25, 0.3) is 5.91 Å². The fraction of sp³-hybridized carbons (Fsp3) is 0.667. The van der Waals surface area contributed by atoms with E-state index in [0.717, 1.165) is 45.6 Å². The molecule has 0 bridgehead atoms. The molecule has 0 radical (unpaired) electrons. The number of amides is 2. The molecule has 1 aliphatic carbocycles. The molecule has 1 unspecified atom stereocenters. The maximum atomic E-state index is 14.9. The molecule has 1 saturated carbocycles. The van der Waals surface area contributed by atoms with Gasteiger partial charge < -0.3 is 25.2 Å². The van der Waals surface area contributed by atoms with E-state index in [1.807, 2.05) is 11.8 Å². The molecule has 2 fully saturated rings. The zero-order chi connectivity index (χ0) is 23.5. The summed E-state index contributed by atoms with van der Waals surface area (Å²) in [5.41, 5.74) is -0.401. The van der Waals surface area contributed by atoms with Gasteiger partial charge in [-0.3, -0.25) is 4.79 Å². The van der Waals surface area contributed by atoms with E-state index >= 15 is 0 Å². The number of nitrogens with zero attached hydrogens (tertiary/aromatic N) is 2. The molecule has 1 aromatic carbocycles. The number of nitrogens with one attached hydrogen (secondary N) is 2. The Labute approximate surface area is 190 Å². The van der Waals surface area contributed by atoms with E-state index in [9.17, 15) is 14.0 Å². The van der Waals surface area contributed by atoms with Crippen LogP contribution in [0.1, 0.15) is 57.8 Å². The molecule has 1 aliphatic heterocycles. The molecule has 7 nitrogen and oxygen atoms in total. The number of carbonyl (C=O) groups excluding carboxylic acids is 2. The molecule has 2 aliphatic rings. The van der Waals surface area contributed by atoms with Crippen LogP contribution in [0, 0.1) is 11.7 Å². The maximum Gasteiger partial charge on any atom is 0.407 e. The molecule has 0 aromatic heterocycles. The van der Waals surface area contributed by atoms with Gasteiger partial charge in [-0.1, -0.05) is 6.92 Å². The third-order valence-electron chi connectivity index (χ3n) is 6.25. The fourth-order valence-corrected chi connectivity index (χ4v) is 4.12. The van der Waals surface area contributed by atoms with Crippen LogP contribution in [-0.4, -0.2) is 67.3 Å². The first-order chi connectivity index (χ1) is 15.0. The Morgan fingerprint density at radius 1 is 1.12 bits per heavy atom. The summed E-state index contributed by atoms with van der Waals surface area (Å²) in [6, 6.07) is 4.68. The van der Waals surface area contributed by atoms with Crippen LogP contribution in [0.15, 0.2) is 18.2 Å². The quantitative estimate of drug-likeness (QED) is 0.669. The zero-order valence-electron chi connectivity index (χ0n) is 20.0. The molecule has 1 atom stereocenters. The Morgan fingerprint density at radius 2 is 1.78 bits per heavy atom. The molecule has 1 heterocycles. The van der Waals surface area contributed by atoms with Crippen molar-refractivity contribution in [2.45, 2.75) is 58.6 Å². The second-order valence-corrected chi connectivity index (χ2v) is 10.1. The zero-order valence-corrected chi connectivity index (χ0v) is 20.0. The number of hydrogen-bond donors (Lipinski definition) is 2. The fourth-order valence-electron chi connectivity index (χ4n) is 4.12. The predicted octanol–water partition coefficient (Wildman–Crippen LogP) is 3.39. The van der Waals surface area contributed by atoms with Crippen LogP contribution in [0.25, 0.3) is 0 Å². The first kappa shape index (κ1) is 24.3. The molecular formula is C24H37FN4O3. The van der Waals surface area contributed by atoms with Crippen molar-refractivity contribution in [1.82, 2.24) is 15.5 Å². The molecular weight excluding hydrogens is 411 g/mol. The number of piperazine rings is 1. The van der Waals surface area contributed by atoms with Gasteiger partial charge in [-0.05, 0) is 71.2 Å². The number of benzene rings is 1. The number of ether oxygens (including phenoxy) is 1. The summed E-state index contributed by atoms with van der Waals surface area (Å²) in [5.74, 6) is -0.463. The van der Waals surface area contributed by atoms with Gasteiger partial charge in [-0.2, -0.15) is 0 Å². The highest BCUT2D eigenvalue weighted by molar-refractivity contribution is 5.95. The molecule has 0 spiro atoms. The van der Waals surface area contributed by atoms with Crippen LogP contribution < -0.4 is 15.5 Å². The van der Waals surface area contributed by atoms with Gasteiger partial charge >= 0.3 is 6.09 Å². The topological polar surface area (TPSA) is 73.9 Å². The van der Waals surface area contributed by atoms with Gasteiger partial charge in [0.1, 0.15) is 11.4 Å². The number of halogens is 1. The van der Waals surface area contributed by atoms with Crippen LogP contribution in [0.3, 0.4) is 0 Å². The Balaban J connectivity index is 1.63. The average Bonchev–Trinajstić information content (AvgIpc) is 3.57. The lowest BCUT2D eigenvalue weighted by molar-refractivity contribution is 0.0502. The van der Waals surface area contributed by atoms with Gasteiger partial charge in [-0.15, -0.1) is 0 Å². The minimum Gasteiger partial charge on any atom is -0.444 e. The van der Waals surface area contributed by atoms with E-state index < -0.39 is 17.2 Å². The van der Waals surface area contributed by atoms with Crippen LogP contribution in [0.4, 0.5) is 14.9 Å². The van der Waals surface area contributed by atoms with E-state index in [-0.39, 0.29) is 29.8 Å². The summed E-state index contributed by atoms with van der Waals surface area (Å²) in [7, 11) is 0. The molecule has 2 N–H and O–H groups in total. The van der Waals surface area contributed by atoms with Crippen molar-refractivity contribution < 1.29 is 18.7 Å². The Bertz CT molecular complexity index is 829. The molecule has 3 rings (SSSR count). The molecule has 2 amide bonds. The Kier molecular flexibility index (Phi) is 7.32. The molecule has 1 aromatic rings. The van der Waals surface area contributed by atoms with Crippen LogP contribution in [0.5, 0.6) is 0 Å². The average molecular weight is 449 g/mol. The standard InChI is InChI=1S/C24H37FN4O3/c1-6-28-11-13-29(14-12-28)20-10-7-17(15-19(20)25)21(30)27-24(5,18-8-9-18)16-26-22(31)32-23(2,3)4/h7,10,15,18H,6,8-9,11-14,16H2,1-5H3,(H,26,31)(H,27,30). The minimum atomic E-state index is -0.625. The number of rotatable bonds is 7. The monoisotopic (exact) mass is 448 g/mol. The smallest absolute Gasteiger partial charge is 0.407 e. The Morgan fingerprint density at radius 3 is 2.31 bits per heavy atom. The SMILES string of the molecule is CCN1CCN(c2ccc(C(=O)NC(C)(CNC(=O)OC(C)(C)C)C3CC3)cc2F)CC1. The van der Waals surface area contributed by atoms with Crippen molar-refractivity contribution in [3.05, 3.63) is 29.6 Å². The number of anilines is 1. The normalized spacial score (nSPS) is 19.2. The summed E-state index contributed by atoms with van der Waals surface area (Å²) in [5, 5.41) is 5.80. The van der Waals surface area contributed by atoms with E-state index in [1.165, 1.54) is 6.07 Å². The third-order valence-corrected chi connectivity index (χ3v) is 6.25. The van der Waals surface area contributed by atoms with Gasteiger partial charge in [0.05, 0.1) is 11.2 Å². The van der Waals surface area contributed by atoms with Gasteiger partial charge in [0, 0.05) is 38.3 Å². The number of likely N-dealkylation sites (N-methyl/N-ethyl adjacent to an activating group) is 1. The largest absolute Gasteiger partial charge is 0.444 e. The maximum absolute atomic E-state index is 14.9. The third kappa shape index (κ3) is 6.34. The van der Waals surface area contributed by atoms with E-state index in [0.29, 0.717) is 5.69 Å². The van der Waals surface area contributed by atoms with Gasteiger partial charge in [0.15, 0.2) is 0 Å². The number of hydrogen-bond acceptors (Lipinski definition) is 5. The van der Waals surface area contributed by atoms with E-state index in [4.69, 9.17) is 4.74 Å². The number of carbonyl (C=O) groups is 2. The highest BCUT2D eigenvalue weighted by Crippen LogP contribution is 2.39. The highest BCUT2D eigenvalue weighted by atomic mass is 19.1. The van der Waals surface area contributed by atoms with Gasteiger partial charge in [0.2, 0.25) is 0 Å². The lowest BCUT2D eigenvalue weighted by Gasteiger charge is -2.35. The summed E-state index contributed by atoms with van der Waals surface area (Å²) in [4.78, 5) is 29.4. The lowest BCUT2D eigenvalue weighted by atomic mass is 9.95. The minimum absolute atomic E-state index is 0.251. The number of alkyl carbamates (subject to hydrolysis) is 1. The van der Waals surface area contributed by atoms with Crippen LogP contribution in [0.2, 0.25) is 0 Å². The van der Waals surface area contributed by atoms with E-state index in [1.54, 1.807) is 32.9 Å². The Hall–Kier alpha value is -2.35.